The van der Waals surface area contributed by atoms with Crippen molar-refractivity contribution >= 4 is 44.2 Å². The third-order valence-corrected chi connectivity index (χ3v) is 6.99. The lowest BCUT2D eigenvalue weighted by Crippen LogP contribution is -2.21. The molecule has 0 unspecified atom stereocenters. The first-order valence-electron chi connectivity index (χ1n) is 5.85. The van der Waals surface area contributed by atoms with Crippen molar-refractivity contribution in [3.63, 3.8) is 0 Å². The maximum Gasteiger partial charge on any atom is 0.208 e. The Labute approximate surface area is 120 Å². The van der Waals surface area contributed by atoms with Gasteiger partial charge in [0.25, 0.3) is 0 Å². The van der Waals surface area contributed by atoms with E-state index in [1.807, 2.05) is 30.8 Å². The molecular weight excluding hydrogens is 318 g/mol. The van der Waals surface area contributed by atoms with Gasteiger partial charge < -0.3 is 4.90 Å². The number of thioether (sulfide) groups is 1. The van der Waals surface area contributed by atoms with Crippen LogP contribution in [0.1, 0.15) is 25.7 Å². The van der Waals surface area contributed by atoms with Crippen LogP contribution >= 0.6 is 39.0 Å². The van der Waals surface area contributed by atoms with Crippen molar-refractivity contribution in [3.8, 4) is 0 Å². The van der Waals surface area contributed by atoms with Crippen LogP contribution < -0.4 is 4.90 Å². The molecule has 1 aliphatic rings. The smallest absolute Gasteiger partial charge is 0.208 e. The Bertz CT molecular complexity index is 361. The van der Waals surface area contributed by atoms with Crippen LogP contribution in [0.2, 0.25) is 0 Å². The Kier molecular flexibility index (Phi) is 4.72. The van der Waals surface area contributed by atoms with Crippen LogP contribution in [0.3, 0.4) is 0 Å². The topological polar surface area (TPSA) is 29.0 Å². The number of hydrogen-bond acceptors (Lipinski definition) is 5. The number of halogens is 1. The molecule has 0 radical (unpaired) electrons. The van der Waals surface area contributed by atoms with Crippen LogP contribution in [0.4, 0.5) is 5.13 Å². The monoisotopic (exact) mass is 335 g/mol. The summed E-state index contributed by atoms with van der Waals surface area (Å²) in [5.74, 6) is 1.17. The van der Waals surface area contributed by atoms with Crippen molar-refractivity contribution in [1.29, 1.82) is 0 Å². The van der Waals surface area contributed by atoms with Crippen molar-refractivity contribution < 1.29 is 0 Å². The van der Waals surface area contributed by atoms with E-state index in [4.69, 9.17) is 0 Å². The van der Waals surface area contributed by atoms with E-state index in [1.165, 1.54) is 31.4 Å². The highest BCUT2D eigenvalue weighted by molar-refractivity contribution is 9.09. The molecule has 0 N–H and O–H groups in total. The van der Waals surface area contributed by atoms with Crippen LogP contribution in [0.15, 0.2) is 4.34 Å². The fourth-order valence-corrected chi connectivity index (χ4v) is 5.18. The van der Waals surface area contributed by atoms with Crippen molar-refractivity contribution in [2.45, 2.75) is 30.0 Å². The molecule has 0 atom stereocenters. The van der Waals surface area contributed by atoms with Gasteiger partial charge in [0.1, 0.15) is 0 Å². The van der Waals surface area contributed by atoms with Crippen LogP contribution in [0, 0.1) is 5.41 Å². The largest absolute Gasteiger partial charge is 0.353 e. The summed E-state index contributed by atoms with van der Waals surface area (Å²) in [5.41, 5.74) is 0.495. The highest BCUT2D eigenvalue weighted by atomic mass is 79.9. The maximum absolute atomic E-state index is 4.24. The van der Waals surface area contributed by atoms with E-state index >= 15 is 0 Å². The van der Waals surface area contributed by atoms with Crippen LogP contribution in [0.5, 0.6) is 0 Å². The van der Waals surface area contributed by atoms with Crippen molar-refractivity contribution in [1.82, 2.24) is 10.2 Å². The highest BCUT2D eigenvalue weighted by Gasteiger charge is 2.33. The van der Waals surface area contributed by atoms with Crippen molar-refractivity contribution in [2.24, 2.45) is 5.41 Å². The number of rotatable bonds is 5. The first kappa shape index (κ1) is 13.6. The van der Waals surface area contributed by atoms with Gasteiger partial charge in [0, 0.05) is 25.2 Å². The number of aromatic nitrogens is 2. The van der Waals surface area contributed by atoms with Gasteiger partial charge >= 0.3 is 0 Å². The van der Waals surface area contributed by atoms with Gasteiger partial charge in [0.2, 0.25) is 5.13 Å². The summed E-state index contributed by atoms with van der Waals surface area (Å²) in [5, 5.41) is 10.5. The lowest BCUT2D eigenvalue weighted by Gasteiger charge is -2.25. The molecule has 17 heavy (non-hydrogen) atoms. The molecule has 1 saturated carbocycles. The van der Waals surface area contributed by atoms with E-state index in [0.717, 1.165) is 14.8 Å². The second-order valence-corrected chi connectivity index (χ2v) is 7.61. The van der Waals surface area contributed by atoms with E-state index in [2.05, 4.69) is 26.1 Å². The van der Waals surface area contributed by atoms with Crippen molar-refractivity contribution in [2.75, 3.05) is 30.1 Å². The van der Waals surface area contributed by atoms with E-state index in [1.54, 1.807) is 11.3 Å². The normalized spacial score (nSPS) is 18.5. The van der Waals surface area contributed by atoms with Gasteiger partial charge in [-0.05, 0) is 18.3 Å². The fourth-order valence-electron chi connectivity index (χ4n) is 2.10. The zero-order valence-corrected chi connectivity index (χ0v) is 13.5. The predicted octanol–water partition coefficient (Wildman–Crippen LogP) is 3.65. The molecule has 0 aliphatic heterocycles. The van der Waals surface area contributed by atoms with Gasteiger partial charge in [-0.1, -0.05) is 51.9 Å². The number of hydrogen-bond donors (Lipinski definition) is 0. The second-order valence-electron chi connectivity index (χ2n) is 4.87. The summed E-state index contributed by atoms with van der Waals surface area (Å²) in [6.07, 6.45) is 5.46. The van der Waals surface area contributed by atoms with Crippen LogP contribution in [0.25, 0.3) is 0 Å². The number of nitrogens with zero attached hydrogens (tertiary/aromatic N) is 3. The third kappa shape index (κ3) is 3.35. The molecule has 0 aromatic carbocycles. The molecule has 1 fully saturated rings. The maximum atomic E-state index is 4.24. The summed E-state index contributed by atoms with van der Waals surface area (Å²) in [6.45, 7) is 0. The average molecular weight is 336 g/mol. The van der Waals surface area contributed by atoms with E-state index < -0.39 is 0 Å². The van der Waals surface area contributed by atoms with Gasteiger partial charge in [-0.15, -0.1) is 10.2 Å². The fraction of sp³-hybridized carbons (Fsp3) is 0.818. The van der Waals surface area contributed by atoms with Crippen LogP contribution in [-0.2, 0) is 0 Å². The average Bonchev–Trinajstić information content (AvgIpc) is 2.96. The van der Waals surface area contributed by atoms with E-state index in [0.29, 0.717) is 5.41 Å². The molecule has 1 aliphatic carbocycles. The molecule has 1 aromatic heterocycles. The number of anilines is 1. The lowest BCUT2D eigenvalue weighted by molar-refractivity contribution is 0.405. The van der Waals surface area contributed by atoms with Gasteiger partial charge in [0.05, 0.1) is 0 Å². The molecule has 0 bridgehead atoms. The Morgan fingerprint density at radius 3 is 2.59 bits per heavy atom. The third-order valence-electron chi connectivity index (χ3n) is 3.23. The summed E-state index contributed by atoms with van der Waals surface area (Å²) >= 11 is 7.23. The van der Waals surface area contributed by atoms with Crippen molar-refractivity contribution in [3.05, 3.63) is 0 Å². The Balaban J connectivity index is 1.92. The van der Waals surface area contributed by atoms with E-state index in [9.17, 15) is 0 Å². The molecule has 3 nitrogen and oxygen atoms in total. The standard InChI is InChI=1S/C11H18BrN3S2/c1-15(2)9-13-14-10(17-9)16-8-11(7-12)5-3-4-6-11/h3-8H2,1-2H3. The minimum Gasteiger partial charge on any atom is -0.353 e. The molecule has 1 heterocycles. The highest BCUT2D eigenvalue weighted by Crippen LogP contribution is 2.44. The quantitative estimate of drug-likeness (QED) is 0.606. The minimum atomic E-state index is 0.495. The molecule has 0 amide bonds. The molecule has 6 heteroatoms. The first-order chi connectivity index (χ1) is 8.15. The molecular formula is C11H18BrN3S2. The summed E-state index contributed by atoms with van der Waals surface area (Å²) in [4.78, 5) is 2.01. The minimum absolute atomic E-state index is 0.495. The molecule has 96 valence electrons. The first-order valence-corrected chi connectivity index (χ1v) is 8.77. The van der Waals surface area contributed by atoms with Crippen LogP contribution in [-0.4, -0.2) is 35.4 Å². The molecule has 1 aromatic rings. The lowest BCUT2D eigenvalue weighted by atomic mass is 9.92. The molecule has 0 spiro atoms. The Morgan fingerprint density at radius 2 is 2.06 bits per heavy atom. The second kappa shape index (κ2) is 5.89. The van der Waals surface area contributed by atoms with Gasteiger partial charge in [-0.2, -0.15) is 0 Å². The SMILES string of the molecule is CN(C)c1nnc(SCC2(CBr)CCCC2)s1. The predicted molar refractivity (Wildman–Crippen MR) is 79.7 cm³/mol. The zero-order chi connectivity index (χ0) is 12.3. The Morgan fingerprint density at radius 1 is 1.35 bits per heavy atom. The zero-order valence-electron chi connectivity index (χ0n) is 10.3. The van der Waals surface area contributed by atoms with Gasteiger partial charge in [-0.3, -0.25) is 0 Å². The molecule has 0 saturated heterocycles. The molecule has 2 rings (SSSR count). The number of alkyl halides is 1. The van der Waals surface area contributed by atoms with E-state index in [-0.39, 0.29) is 0 Å². The Hall–Kier alpha value is 0.190. The summed E-state index contributed by atoms with van der Waals surface area (Å²) in [7, 11) is 4.01. The van der Waals surface area contributed by atoms with Gasteiger partial charge in [0.15, 0.2) is 4.34 Å². The summed E-state index contributed by atoms with van der Waals surface area (Å²) < 4.78 is 1.10. The van der Waals surface area contributed by atoms with Gasteiger partial charge in [-0.25, -0.2) is 0 Å². The summed E-state index contributed by atoms with van der Waals surface area (Å²) in [6, 6.07) is 0.